The predicted octanol–water partition coefficient (Wildman–Crippen LogP) is 1.84. The van der Waals surface area contributed by atoms with E-state index >= 15 is 0 Å². The maximum Gasteiger partial charge on any atom is 0.138 e. The number of carbonyl (C=O) groups excluding carboxylic acids is 1. The van der Waals surface area contributed by atoms with Crippen LogP contribution in [-0.2, 0) is 24.2 Å². The van der Waals surface area contributed by atoms with Gasteiger partial charge < -0.3 is 5.32 Å². The molecule has 1 N–H and O–H groups in total. The Morgan fingerprint density at radius 3 is 2.89 bits per heavy atom. The first kappa shape index (κ1) is 13.6. The van der Waals surface area contributed by atoms with Gasteiger partial charge in [0.05, 0.1) is 16.4 Å². The summed E-state index contributed by atoms with van der Waals surface area (Å²) in [6.07, 6.45) is 2.16. The zero-order valence-electron chi connectivity index (χ0n) is 11.0. The summed E-state index contributed by atoms with van der Waals surface area (Å²) in [5.41, 5.74) is 1.95. The Kier molecular flexibility index (Phi) is 4.40. The van der Waals surface area contributed by atoms with E-state index in [4.69, 9.17) is 11.6 Å². The first-order valence-electron chi connectivity index (χ1n) is 6.64. The Bertz CT molecular complexity index is 442. The van der Waals surface area contributed by atoms with Crippen molar-refractivity contribution in [1.82, 2.24) is 15.1 Å². The van der Waals surface area contributed by atoms with Crippen molar-refractivity contribution in [1.29, 1.82) is 0 Å². The zero-order chi connectivity index (χ0) is 13.1. The van der Waals surface area contributed by atoms with Gasteiger partial charge in [0.25, 0.3) is 0 Å². The molecule has 0 aliphatic carbocycles. The molecule has 2 heterocycles. The number of hydrogen-bond donors (Lipinski definition) is 1. The van der Waals surface area contributed by atoms with Gasteiger partial charge in [0, 0.05) is 38.4 Å². The Morgan fingerprint density at radius 2 is 2.28 bits per heavy atom. The van der Waals surface area contributed by atoms with Crippen molar-refractivity contribution in [3.05, 3.63) is 16.4 Å². The minimum Gasteiger partial charge on any atom is -0.316 e. The van der Waals surface area contributed by atoms with Crippen LogP contribution in [-0.4, -0.2) is 28.7 Å². The second-order valence-corrected chi connectivity index (χ2v) is 5.08. The number of carbonyl (C=O) groups is 1. The van der Waals surface area contributed by atoms with Crippen LogP contribution in [0.3, 0.4) is 0 Å². The Labute approximate surface area is 113 Å². The van der Waals surface area contributed by atoms with Gasteiger partial charge in [-0.1, -0.05) is 18.5 Å². The van der Waals surface area contributed by atoms with E-state index in [1.54, 1.807) is 0 Å². The van der Waals surface area contributed by atoms with Crippen molar-refractivity contribution >= 4 is 17.4 Å². The topological polar surface area (TPSA) is 46.9 Å². The number of aryl methyl sites for hydroxylation is 2. The fourth-order valence-electron chi connectivity index (χ4n) is 2.44. The average molecular weight is 270 g/mol. The van der Waals surface area contributed by atoms with Gasteiger partial charge >= 0.3 is 0 Å². The second kappa shape index (κ2) is 5.85. The highest BCUT2D eigenvalue weighted by Gasteiger charge is 2.25. The summed E-state index contributed by atoms with van der Waals surface area (Å²) in [6, 6.07) is 0. The summed E-state index contributed by atoms with van der Waals surface area (Å²) in [7, 11) is 0. The molecular formula is C13H20ClN3O. The summed E-state index contributed by atoms with van der Waals surface area (Å²) in [6.45, 7) is 6.45. The van der Waals surface area contributed by atoms with E-state index in [1.807, 2.05) is 18.5 Å². The molecule has 1 aromatic rings. The fraction of sp³-hybridized carbons (Fsp3) is 0.692. The molecule has 1 fully saturated rings. The van der Waals surface area contributed by atoms with Crippen molar-refractivity contribution in [2.75, 3.05) is 13.1 Å². The van der Waals surface area contributed by atoms with E-state index < -0.39 is 0 Å². The standard InChI is InChI=1S/C13H20ClN3O/c1-3-10-13(14)11(17(4-2)16-10)7-9-8-15-6-5-12(9)18/h9,15H,3-8H2,1-2H3. The molecule has 18 heavy (non-hydrogen) atoms. The van der Waals surface area contributed by atoms with Crippen molar-refractivity contribution in [2.45, 2.75) is 39.7 Å². The van der Waals surface area contributed by atoms with E-state index in [2.05, 4.69) is 10.4 Å². The van der Waals surface area contributed by atoms with Gasteiger partial charge in [0.1, 0.15) is 5.78 Å². The number of nitrogens with one attached hydrogen (secondary N) is 1. The third-order valence-corrected chi connectivity index (χ3v) is 3.96. The van der Waals surface area contributed by atoms with Gasteiger partial charge in [0.2, 0.25) is 0 Å². The molecule has 5 heteroatoms. The number of ketones is 1. The smallest absolute Gasteiger partial charge is 0.138 e. The summed E-state index contributed by atoms with van der Waals surface area (Å²) in [5.74, 6) is 0.384. The number of rotatable bonds is 4. The molecule has 1 aliphatic heterocycles. The Morgan fingerprint density at radius 1 is 1.50 bits per heavy atom. The van der Waals surface area contributed by atoms with Crippen LogP contribution in [0.4, 0.5) is 0 Å². The number of nitrogens with zero attached hydrogens (tertiary/aromatic N) is 2. The second-order valence-electron chi connectivity index (χ2n) is 4.70. The maximum absolute atomic E-state index is 11.9. The van der Waals surface area contributed by atoms with Gasteiger partial charge in [-0.05, 0) is 13.3 Å². The molecule has 1 unspecified atom stereocenters. The van der Waals surface area contributed by atoms with Crippen LogP contribution in [0.25, 0.3) is 0 Å². The lowest BCUT2D eigenvalue weighted by molar-refractivity contribution is -0.123. The minimum absolute atomic E-state index is 0.0444. The summed E-state index contributed by atoms with van der Waals surface area (Å²) in [5, 5.41) is 8.51. The number of aromatic nitrogens is 2. The molecule has 100 valence electrons. The van der Waals surface area contributed by atoms with Crippen molar-refractivity contribution in [3.63, 3.8) is 0 Å². The molecule has 1 aromatic heterocycles. The molecule has 1 atom stereocenters. The van der Waals surface area contributed by atoms with E-state index in [0.29, 0.717) is 18.6 Å². The molecule has 1 saturated heterocycles. The third kappa shape index (κ3) is 2.59. The molecule has 0 saturated carbocycles. The van der Waals surface area contributed by atoms with Crippen LogP contribution in [0.2, 0.25) is 5.02 Å². The first-order chi connectivity index (χ1) is 8.67. The maximum atomic E-state index is 11.9. The van der Waals surface area contributed by atoms with E-state index in [-0.39, 0.29) is 5.92 Å². The fourth-order valence-corrected chi connectivity index (χ4v) is 2.78. The minimum atomic E-state index is 0.0444. The number of piperidine rings is 1. The van der Waals surface area contributed by atoms with Gasteiger partial charge in [-0.15, -0.1) is 0 Å². The third-order valence-electron chi connectivity index (χ3n) is 3.53. The van der Waals surface area contributed by atoms with Crippen LogP contribution < -0.4 is 5.32 Å². The van der Waals surface area contributed by atoms with Crippen LogP contribution in [0.5, 0.6) is 0 Å². The summed E-state index contributed by atoms with van der Waals surface area (Å²) >= 11 is 6.36. The SMILES string of the molecule is CCc1nn(CC)c(CC2CNCCC2=O)c1Cl. The Balaban J connectivity index is 2.21. The number of hydrogen-bond acceptors (Lipinski definition) is 3. The molecule has 0 aromatic carbocycles. The predicted molar refractivity (Wildman–Crippen MR) is 72.0 cm³/mol. The highest BCUT2D eigenvalue weighted by Crippen LogP contribution is 2.25. The molecular weight excluding hydrogens is 250 g/mol. The normalized spacial score (nSPS) is 20.4. The van der Waals surface area contributed by atoms with Crippen LogP contribution in [0.1, 0.15) is 31.7 Å². The van der Waals surface area contributed by atoms with Crippen molar-refractivity contribution < 1.29 is 4.79 Å². The Hall–Kier alpha value is -0.870. The number of halogens is 1. The molecule has 1 aliphatic rings. The zero-order valence-corrected chi connectivity index (χ0v) is 11.8. The van der Waals surface area contributed by atoms with E-state index in [0.717, 1.165) is 42.5 Å². The van der Waals surface area contributed by atoms with Gasteiger partial charge in [-0.2, -0.15) is 5.10 Å². The molecule has 0 radical (unpaired) electrons. The highest BCUT2D eigenvalue weighted by atomic mass is 35.5. The molecule has 0 bridgehead atoms. The van der Waals surface area contributed by atoms with Crippen LogP contribution in [0, 0.1) is 5.92 Å². The highest BCUT2D eigenvalue weighted by molar-refractivity contribution is 6.31. The average Bonchev–Trinajstić information content (AvgIpc) is 2.69. The lowest BCUT2D eigenvalue weighted by atomic mass is 9.93. The lowest BCUT2D eigenvalue weighted by Crippen LogP contribution is -2.38. The molecule has 2 rings (SSSR count). The van der Waals surface area contributed by atoms with Gasteiger partial charge in [0.15, 0.2) is 0 Å². The lowest BCUT2D eigenvalue weighted by Gasteiger charge is -2.21. The molecule has 4 nitrogen and oxygen atoms in total. The summed E-state index contributed by atoms with van der Waals surface area (Å²) < 4.78 is 1.93. The summed E-state index contributed by atoms with van der Waals surface area (Å²) in [4.78, 5) is 11.9. The van der Waals surface area contributed by atoms with Crippen molar-refractivity contribution in [2.24, 2.45) is 5.92 Å². The first-order valence-corrected chi connectivity index (χ1v) is 7.02. The molecule has 0 spiro atoms. The number of Topliss-reactive ketones (excluding diaryl/α,β-unsaturated/α-hetero) is 1. The monoisotopic (exact) mass is 269 g/mol. The van der Waals surface area contributed by atoms with Gasteiger partial charge in [-0.25, -0.2) is 0 Å². The van der Waals surface area contributed by atoms with E-state index in [1.165, 1.54) is 0 Å². The quantitative estimate of drug-likeness (QED) is 0.907. The molecule has 0 amide bonds. The van der Waals surface area contributed by atoms with Crippen molar-refractivity contribution in [3.8, 4) is 0 Å². The van der Waals surface area contributed by atoms with Crippen LogP contribution >= 0.6 is 11.6 Å². The van der Waals surface area contributed by atoms with Gasteiger partial charge in [-0.3, -0.25) is 9.48 Å². The van der Waals surface area contributed by atoms with Crippen LogP contribution in [0.15, 0.2) is 0 Å². The largest absolute Gasteiger partial charge is 0.316 e. The van der Waals surface area contributed by atoms with E-state index in [9.17, 15) is 4.79 Å².